The molecule has 0 bridgehead atoms. The Kier molecular flexibility index (Phi) is 4.07. The van der Waals surface area contributed by atoms with Crippen LogP contribution in [0.2, 0.25) is 0 Å². The molecule has 1 aliphatic rings. The maximum absolute atomic E-state index is 12.5. The van der Waals surface area contributed by atoms with E-state index in [2.05, 4.69) is 25.6 Å². The van der Waals surface area contributed by atoms with Gasteiger partial charge in [0.15, 0.2) is 11.5 Å². The highest BCUT2D eigenvalue weighted by Gasteiger charge is 2.23. The SMILES string of the molecule is CN1CCc2[nH]nc(C(=O)NCc3cc(-c4ccccc4)on3)c2C1. The molecule has 1 aliphatic heterocycles. The number of rotatable bonds is 4. The van der Waals surface area contributed by atoms with Crippen molar-refractivity contribution in [3.8, 4) is 11.3 Å². The largest absolute Gasteiger partial charge is 0.356 e. The van der Waals surface area contributed by atoms with Crippen molar-refractivity contribution in [3.05, 3.63) is 59.0 Å². The Morgan fingerprint density at radius 3 is 3.04 bits per heavy atom. The number of H-pyrrole nitrogens is 1. The van der Waals surface area contributed by atoms with Gasteiger partial charge >= 0.3 is 0 Å². The van der Waals surface area contributed by atoms with Crippen LogP contribution in [0.3, 0.4) is 0 Å². The Hall–Kier alpha value is -2.93. The zero-order chi connectivity index (χ0) is 17.2. The van der Waals surface area contributed by atoms with Gasteiger partial charge in [0.2, 0.25) is 0 Å². The van der Waals surface area contributed by atoms with E-state index in [9.17, 15) is 4.79 Å². The first-order chi connectivity index (χ1) is 12.2. The summed E-state index contributed by atoms with van der Waals surface area (Å²) >= 11 is 0. The van der Waals surface area contributed by atoms with E-state index in [1.807, 2.05) is 43.4 Å². The number of nitrogens with zero attached hydrogens (tertiary/aromatic N) is 3. The Morgan fingerprint density at radius 1 is 1.36 bits per heavy atom. The fourth-order valence-electron chi connectivity index (χ4n) is 3.01. The summed E-state index contributed by atoms with van der Waals surface area (Å²) in [6, 6.07) is 11.6. The Morgan fingerprint density at radius 2 is 2.20 bits per heavy atom. The van der Waals surface area contributed by atoms with Gasteiger partial charge in [0, 0.05) is 42.4 Å². The summed E-state index contributed by atoms with van der Waals surface area (Å²) in [7, 11) is 2.04. The monoisotopic (exact) mass is 337 g/mol. The second kappa shape index (κ2) is 6.52. The molecule has 0 unspecified atom stereocenters. The summed E-state index contributed by atoms with van der Waals surface area (Å²) in [5.74, 6) is 0.487. The van der Waals surface area contributed by atoms with Gasteiger partial charge in [-0.1, -0.05) is 35.5 Å². The van der Waals surface area contributed by atoms with Gasteiger partial charge in [0.25, 0.3) is 5.91 Å². The summed E-state index contributed by atoms with van der Waals surface area (Å²) in [5, 5.41) is 14.1. The number of amides is 1. The number of hydrogen-bond acceptors (Lipinski definition) is 5. The maximum Gasteiger partial charge on any atom is 0.272 e. The summed E-state index contributed by atoms with van der Waals surface area (Å²) < 4.78 is 5.35. The minimum absolute atomic E-state index is 0.197. The van der Waals surface area contributed by atoms with Crippen LogP contribution >= 0.6 is 0 Å². The van der Waals surface area contributed by atoms with E-state index in [0.717, 1.165) is 36.3 Å². The van der Waals surface area contributed by atoms with Crippen molar-refractivity contribution < 1.29 is 9.32 Å². The summed E-state index contributed by atoms with van der Waals surface area (Å²) in [4.78, 5) is 14.6. The highest BCUT2D eigenvalue weighted by Crippen LogP contribution is 2.21. The van der Waals surface area contributed by atoms with Gasteiger partial charge in [-0.25, -0.2) is 0 Å². The van der Waals surface area contributed by atoms with Gasteiger partial charge in [-0.15, -0.1) is 0 Å². The van der Waals surface area contributed by atoms with Crippen LogP contribution in [0.25, 0.3) is 11.3 Å². The number of likely N-dealkylation sites (N-methyl/N-ethyl adjacent to an activating group) is 1. The Balaban J connectivity index is 1.43. The number of aromatic nitrogens is 3. The van der Waals surface area contributed by atoms with Crippen LogP contribution in [0.4, 0.5) is 0 Å². The number of aromatic amines is 1. The van der Waals surface area contributed by atoms with E-state index in [1.165, 1.54) is 0 Å². The summed E-state index contributed by atoms with van der Waals surface area (Å²) in [5.41, 5.74) is 4.13. The zero-order valence-electron chi connectivity index (χ0n) is 14.0. The highest BCUT2D eigenvalue weighted by molar-refractivity contribution is 5.94. The molecular formula is C18H19N5O2. The van der Waals surface area contributed by atoms with Crippen LogP contribution in [0, 0.1) is 0 Å². The minimum Gasteiger partial charge on any atom is -0.356 e. The molecule has 3 aromatic rings. The van der Waals surface area contributed by atoms with Crippen LogP contribution < -0.4 is 5.32 Å². The molecule has 0 fully saturated rings. The van der Waals surface area contributed by atoms with Crippen molar-refractivity contribution in [1.82, 2.24) is 25.6 Å². The van der Waals surface area contributed by atoms with Gasteiger partial charge in [0.1, 0.15) is 5.69 Å². The standard InChI is InChI=1S/C18H19N5O2/c1-23-8-7-15-14(11-23)17(21-20-15)18(24)19-10-13-9-16(25-22-13)12-5-3-2-4-6-12/h2-6,9H,7-8,10-11H2,1H3,(H,19,24)(H,20,21). The van der Waals surface area contributed by atoms with Gasteiger partial charge in [-0.05, 0) is 7.05 Å². The summed E-state index contributed by atoms with van der Waals surface area (Å²) in [6.45, 7) is 2.00. The summed E-state index contributed by atoms with van der Waals surface area (Å²) in [6.07, 6.45) is 0.885. The van der Waals surface area contributed by atoms with Crippen LogP contribution in [-0.2, 0) is 19.5 Å². The lowest BCUT2D eigenvalue weighted by atomic mass is 10.1. The molecule has 25 heavy (non-hydrogen) atoms. The third-order valence-electron chi connectivity index (χ3n) is 4.39. The molecule has 0 spiro atoms. The van der Waals surface area contributed by atoms with Crippen molar-refractivity contribution in [2.24, 2.45) is 0 Å². The number of carbonyl (C=O) groups excluding carboxylic acids is 1. The normalized spacial score (nSPS) is 14.3. The minimum atomic E-state index is -0.197. The quantitative estimate of drug-likeness (QED) is 0.760. The second-order valence-electron chi connectivity index (χ2n) is 6.25. The van der Waals surface area contributed by atoms with E-state index < -0.39 is 0 Å². The third-order valence-corrected chi connectivity index (χ3v) is 4.39. The van der Waals surface area contributed by atoms with Gasteiger partial charge in [0.05, 0.1) is 6.54 Å². The molecule has 7 nitrogen and oxygen atoms in total. The lowest BCUT2D eigenvalue weighted by Gasteiger charge is -2.22. The molecule has 128 valence electrons. The zero-order valence-corrected chi connectivity index (χ0v) is 14.0. The molecule has 3 heterocycles. The molecule has 1 amide bonds. The maximum atomic E-state index is 12.5. The Labute approximate surface area is 145 Å². The van der Waals surface area contributed by atoms with E-state index in [0.29, 0.717) is 23.7 Å². The molecule has 2 aromatic heterocycles. The number of carbonyl (C=O) groups is 1. The van der Waals surface area contributed by atoms with Crippen LogP contribution in [0.1, 0.15) is 27.4 Å². The second-order valence-corrected chi connectivity index (χ2v) is 6.25. The topological polar surface area (TPSA) is 87.0 Å². The smallest absolute Gasteiger partial charge is 0.272 e. The lowest BCUT2D eigenvalue weighted by molar-refractivity contribution is 0.0943. The average Bonchev–Trinajstić information content (AvgIpc) is 3.27. The first-order valence-electron chi connectivity index (χ1n) is 8.24. The molecular weight excluding hydrogens is 318 g/mol. The fraction of sp³-hybridized carbons (Fsp3) is 0.278. The van der Waals surface area contributed by atoms with E-state index in [4.69, 9.17) is 4.52 Å². The first-order valence-corrected chi connectivity index (χ1v) is 8.24. The number of fused-ring (bicyclic) bond motifs is 1. The fourth-order valence-corrected chi connectivity index (χ4v) is 3.01. The van der Waals surface area contributed by atoms with Crippen LogP contribution in [0.15, 0.2) is 40.9 Å². The van der Waals surface area contributed by atoms with Crippen molar-refractivity contribution >= 4 is 5.91 Å². The first kappa shape index (κ1) is 15.6. The molecule has 0 radical (unpaired) electrons. The van der Waals surface area contributed by atoms with Crippen molar-refractivity contribution in [2.45, 2.75) is 19.5 Å². The van der Waals surface area contributed by atoms with Gasteiger partial charge in [-0.3, -0.25) is 9.89 Å². The molecule has 0 atom stereocenters. The molecule has 4 rings (SSSR count). The van der Waals surface area contributed by atoms with Crippen molar-refractivity contribution in [2.75, 3.05) is 13.6 Å². The molecule has 2 N–H and O–H groups in total. The van der Waals surface area contributed by atoms with Gasteiger partial charge < -0.3 is 14.7 Å². The molecule has 1 aromatic carbocycles. The van der Waals surface area contributed by atoms with Crippen molar-refractivity contribution in [3.63, 3.8) is 0 Å². The van der Waals surface area contributed by atoms with E-state index in [-0.39, 0.29) is 5.91 Å². The number of benzene rings is 1. The Bertz CT molecular complexity index is 884. The predicted octanol–water partition coefficient (Wildman–Crippen LogP) is 1.98. The molecule has 0 aliphatic carbocycles. The van der Waals surface area contributed by atoms with E-state index in [1.54, 1.807) is 0 Å². The molecule has 7 heteroatoms. The van der Waals surface area contributed by atoms with Crippen LogP contribution in [0.5, 0.6) is 0 Å². The third kappa shape index (κ3) is 3.18. The molecule has 0 saturated heterocycles. The lowest BCUT2D eigenvalue weighted by Crippen LogP contribution is -2.29. The van der Waals surface area contributed by atoms with Crippen molar-refractivity contribution in [1.29, 1.82) is 0 Å². The van der Waals surface area contributed by atoms with E-state index >= 15 is 0 Å². The highest BCUT2D eigenvalue weighted by atomic mass is 16.5. The average molecular weight is 337 g/mol. The predicted molar refractivity (Wildman–Crippen MR) is 91.7 cm³/mol. The van der Waals surface area contributed by atoms with Crippen LogP contribution in [-0.4, -0.2) is 39.8 Å². The molecule has 0 saturated carbocycles. The number of nitrogens with one attached hydrogen (secondary N) is 2. The van der Waals surface area contributed by atoms with Gasteiger partial charge in [-0.2, -0.15) is 5.10 Å². The number of hydrogen-bond donors (Lipinski definition) is 2.